The first-order valence-electron chi connectivity index (χ1n) is 5.17. The van der Waals surface area contributed by atoms with Crippen molar-refractivity contribution in [1.82, 2.24) is 0 Å². The molecule has 19 heavy (non-hydrogen) atoms. The number of esters is 2. The first-order valence-corrected chi connectivity index (χ1v) is 5.96. The largest absolute Gasteiger partial charge is 0.507 e. The highest BCUT2D eigenvalue weighted by Gasteiger charge is 2.27. The number of carbonyl (C=O) groups is 2. The zero-order chi connectivity index (χ0) is 14.4. The summed E-state index contributed by atoms with van der Waals surface area (Å²) in [5.74, 6) is -1.70. The third-order valence-electron chi connectivity index (χ3n) is 2.20. The van der Waals surface area contributed by atoms with Crippen LogP contribution in [0.5, 0.6) is 5.75 Å². The van der Waals surface area contributed by atoms with Crippen LogP contribution in [0.2, 0.25) is 0 Å². The molecule has 1 N–H and O–H groups in total. The zero-order valence-electron chi connectivity index (χ0n) is 10.3. The molecule has 0 saturated heterocycles. The van der Waals surface area contributed by atoms with Crippen molar-refractivity contribution in [3.8, 4) is 5.75 Å². The van der Waals surface area contributed by atoms with Gasteiger partial charge in [-0.2, -0.15) is 0 Å². The highest BCUT2D eigenvalue weighted by Crippen LogP contribution is 2.20. The quantitative estimate of drug-likeness (QED) is 0.511. The van der Waals surface area contributed by atoms with Gasteiger partial charge in [-0.3, -0.25) is 4.99 Å². The number of hydrogen-bond acceptors (Lipinski definition) is 6. The van der Waals surface area contributed by atoms with E-state index < -0.39 is 18.0 Å². The Labute approximate surface area is 118 Å². The molecule has 0 radical (unpaired) electrons. The molecule has 1 aromatic rings. The van der Waals surface area contributed by atoms with E-state index in [0.29, 0.717) is 5.56 Å². The molecule has 0 aliphatic heterocycles. The molecule has 0 amide bonds. The van der Waals surface area contributed by atoms with Crippen LogP contribution in [0.15, 0.2) is 27.7 Å². The van der Waals surface area contributed by atoms with Crippen LogP contribution in [0.25, 0.3) is 0 Å². The molecular weight excluding hydrogens is 318 g/mol. The van der Waals surface area contributed by atoms with Crippen LogP contribution in [0.1, 0.15) is 5.56 Å². The lowest BCUT2D eigenvalue weighted by Gasteiger charge is -2.07. The maximum atomic E-state index is 11.4. The van der Waals surface area contributed by atoms with E-state index in [-0.39, 0.29) is 5.75 Å². The van der Waals surface area contributed by atoms with E-state index in [1.807, 2.05) is 0 Å². The van der Waals surface area contributed by atoms with Crippen molar-refractivity contribution < 1.29 is 24.2 Å². The second-order valence-electron chi connectivity index (χ2n) is 3.43. The standard InChI is InChI=1S/C12H12BrNO5/c1-18-11(16)10(12(17)19-2)14-6-7-5-8(13)3-4-9(7)15/h3-6,10,15H,1-2H3. The number of rotatable bonds is 4. The number of aromatic hydroxyl groups is 1. The lowest BCUT2D eigenvalue weighted by atomic mass is 10.2. The van der Waals surface area contributed by atoms with Crippen LogP contribution in [-0.2, 0) is 19.1 Å². The topological polar surface area (TPSA) is 85.2 Å². The van der Waals surface area contributed by atoms with Crippen LogP contribution in [0, 0.1) is 0 Å². The first kappa shape index (κ1) is 15.2. The Bertz CT molecular complexity index is 499. The molecule has 0 heterocycles. The second-order valence-corrected chi connectivity index (χ2v) is 4.35. The summed E-state index contributed by atoms with van der Waals surface area (Å²) in [6.07, 6.45) is 1.21. The Kier molecular flexibility index (Phi) is 5.50. The van der Waals surface area contributed by atoms with E-state index in [4.69, 9.17) is 0 Å². The minimum atomic E-state index is -1.41. The number of aliphatic imine (C=N–C) groups is 1. The number of halogens is 1. The predicted molar refractivity (Wildman–Crippen MR) is 71.2 cm³/mol. The lowest BCUT2D eigenvalue weighted by Crippen LogP contribution is -2.30. The first-order chi connectivity index (χ1) is 8.99. The summed E-state index contributed by atoms with van der Waals surface area (Å²) in [4.78, 5) is 26.5. The van der Waals surface area contributed by atoms with Gasteiger partial charge in [-0.1, -0.05) is 15.9 Å². The van der Waals surface area contributed by atoms with Crippen molar-refractivity contribution in [3.63, 3.8) is 0 Å². The van der Waals surface area contributed by atoms with Crippen LogP contribution < -0.4 is 0 Å². The third-order valence-corrected chi connectivity index (χ3v) is 2.69. The van der Waals surface area contributed by atoms with Crippen LogP contribution in [0.4, 0.5) is 0 Å². The van der Waals surface area contributed by atoms with Gasteiger partial charge in [-0.25, -0.2) is 9.59 Å². The maximum absolute atomic E-state index is 11.4. The summed E-state index contributed by atoms with van der Waals surface area (Å²) in [5, 5.41) is 9.60. The molecule has 7 heteroatoms. The summed E-state index contributed by atoms with van der Waals surface area (Å²) >= 11 is 3.23. The smallest absolute Gasteiger partial charge is 0.342 e. The fourth-order valence-corrected chi connectivity index (χ4v) is 1.60. The molecule has 0 unspecified atom stereocenters. The molecular formula is C12H12BrNO5. The van der Waals surface area contributed by atoms with E-state index in [1.165, 1.54) is 12.3 Å². The molecule has 1 rings (SSSR count). The van der Waals surface area contributed by atoms with Gasteiger partial charge in [0.15, 0.2) is 0 Å². The maximum Gasteiger partial charge on any atom is 0.342 e. The highest BCUT2D eigenvalue weighted by atomic mass is 79.9. The number of ether oxygens (including phenoxy) is 2. The molecule has 0 aliphatic rings. The minimum absolute atomic E-state index is 0.0274. The number of carbonyl (C=O) groups excluding carboxylic acids is 2. The van der Waals surface area contributed by atoms with E-state index in [1.54, 1.807) is 12.1 Å². The van der Waals surface area contributed by atoms with Gasteiger partial charge in [0, 0.05) is 16.3 Å². The lowest BCUT2D eigenvalue weighted by molar-refractivity contribution is -0.153. The summed E-state index contributed by atoms with van der Waals surface area (Å²) in [6, 6.07) is 3.28. The molecule has 0 saturated carbocycles. The minimum Gasteiger partial charge on any atom is -0.507 e. The average molecular weight is 330 g/mol. The monoisotopic (exact) mass is 329 g/mol. The van der Waals surface area contributed by atoms with Gasteiger partial charge < -0.3 is 14.6 Å². The second kappa shape index (κ2) is 6.89. The van der Waals surface area contributed by atoms with Crippen LogP contribution in [-0.4, -0.2) is 43.5 Å². The van der Waals surface area contributed by atoms with Crippen molar-refractivity contribution in [2.75, 3.05) is 14.2 Å². The van der Waals surface area contributed by atoms with Gasteiger partial charge >= 0.3 is 11.9 Å². The number of methoxy groups -OCH3 is 2. The molecule has 0 bridgehead atoms. The Morgan fingerprint density at radius 1 is 1.32 bits per heavy atom. The van der Waals surface area contributed by atoms with Gasteiger partial charge in [-0.15, -0.1) is 0 Å². The zero-order valence-corrected chi connectivity index (χ0v) is 11.9. The number of benzene rings is 1. The van der Waals surface area contributed by atoms with E-state index in [0.717, 1.165) is 18.7 Å². The predicted octanol–water partition coefficient (Wildman–Crippen LogP) is 1.29. The fourth-order valence-electron chi connectivity index (χ4n) is 1.22. The Hall–Kier alpha value is -1.89. The molecule has 6 nitrogen and oxygen atoms in total. The van der Waals surface area contributed by atoms with Crippen LogP contribution in [0.3, 0.4) is 0 Å². The van der Waals surface area contributed by atoms with E-state index in [9.17, 15) is 14.7 Å². The normalized spacial score (nSPS) is 10.7. The summed E-state index contributed by atoms with van der Waals surface area (Å²) in [6.45, 7) is 0. The molecule has 0 aliphatic carbocycles. The molecule has 0 spiro atoms. The summed E-state index contributed by atoms with van der Waals surface area (Å²) in [5.41, 5.74) is 0.354. The van der Waals surface area contributed by atoms with E-state index in [2.05, 4.69) is 30.4 Å². The van der Waals surface area contributed by atoms with Crippen molar-refractivity contribution in [1.29, 1.82) is 0 Å². The Balaban J connectivity index is 3.01. The fraction of sp³-hybridized carbons (Fsp3) is 0.250. The van der Waals surface area contributed by atoms with Crippen molar-refractivity contribution >= 4 is 34.1 Å². The van der Waals surface area contributed by atoms with Gasteiger partial charge in [0.25, 0.3) is 0 Å². The average Bonchev–Trinajstić information content (AvgIpc) is 2.41. The summed E-state index contributed by atoms with van der Waals surface area (Å²) < 4.78 is 9.63. The number of phenolic OH excluding ortho intramolecular Hbond substituents is 1. The number of phenols is 1. The van der Waals surface area contributed by atoms with Gasteiger partial charge in [0.1, 0.15) is 5.75 Å². The van der Waals surface area contributed by atoms with Crippen LogP contribution >= 0.6 is 15.9 Å². The molecule has 0 aromatic heterocycles. The molecule has 0 atom stereocenters. The Morgan fingerprint density at radius 3 is 2.42 bits per heavy atom. The van der Waals surface area contributed by atoms with Gasteiger partial charge in [0.05, 0.1) is 14.2 Å². The molecule has 1 aromatic carbocycles. The number of hydrogen-bond donors (Lipinski definition) is 1. The van der Waals surface area contributed by atoms with Crippen molar-refractivity contribution in [2.45, 2.75) is 6.04 Å². The van der Waals surface area contributed by atoms with Gasteiger partial charge in [-0.05, 0) is 18.2 Å². The molecule has 102 valence electrons. The molecule has 0 fully saturated rings. The Morgan fingerprint density at radius 2 is 1.89 bits per heavy atom. The highest BCUT2D eigenvalue weighted by molar-refractivity contribution is 9.10. The summed E-state index contributed by atoms with van der Waals surface area (Å²) in [7, 11) is 2.29. The van der Waals surface area contributed by atoms with Gasteiger partial charge in [0.2, 0.25) is 6.04 Å². The van der Waals surface area contributed by atoms with Crippen molar-refractivity contribution in [3.05, 3.63) is 28.2 Å². The van der Waals surface area contributed by atoms with E-state index >= 15 is 0 Å². The third kappa shape index (κ3) is 4.06. The van der Waals surface area contributed by atoms with Crippen molar-refractivity contribution in [2.24, 2.45) is 4.99 Å². The number of nitrogens with zero attached hydrogens (tertiary/aromatic N) is 1. The SMILES string of the molecule is COC(=O)C(N=Cc1cc(Br)ccc1O)C(=O)OC.